The molecule has 0 bridgehead atoms. The Labute approximate surface area is 159 Å². The first-order chi connectivity index (χ1) is 12.3. The highest BCUT2D eigenvalue weighted by molar-refractivity contribution is 7.90. The molecule has 0 saturated carbocycles. The fourth-order valence-corrected chi connectivity index (χ4v) is 5.51. The van der Waals surface area contributed by atoms with Crippen LogP contribution in [0.15, 0.2) is 30.3 Å². The molecule has 1 aromatic carbocycles. The molecule has 0 aliphatic carbocycles. The molecule has 4 nitrogen and oxygen atoms in total. The van der Waals surface area contributed by atoms with E-state index in [2.05, 4.69) is 54.0 Å². The number of aryl methyl sites for hydroxylation is 1. The Hall–Kier alpha value is -0.910. The second kappa shape index (κ2) is 7.99. The van der Waals surface area contributed by atoms with Gasteiger partial charge in [-0.15, -0.1) is 0 Å². The summed E-state index contributed by atoms with van der Waals surface area (Å²) >= 11 is 0. The zero-order valence-electron chi connectivity index (χ0n) is 16.5. The van der Waals surface area contributed by atoms with Crippen LogP contribution in [0, 0.1) is 17.3 Å². The first-order valence-corrected chi connectivity index (χ1v) is 12.0. The van der Waals surface area contributed by atoms with E-state index in [1.165, 1.54) is 31.3 Å². The summed E-state index contributed by atoms with van der Waals surface area (Å²) in [4.78, 5) is 5.05. The van der Waals surface area contributed by atoms with Gasteiger partial charge in [0.25, 0.3) is 0 Å². The molecule has 0 aromatic heterocycles. The molecule has 2 aliphatic heterocycles. The van der Waals surface area contributed by atoms with E-state index in [1.807, 2.05) is 0 Å². The summed E-state index contributed by atoms with van der Waals surface area (Å²) in [5.41, 5.74) is 1.74. The highest BCUT2D eigenvalue weighted by Gasteiger charge is 2.51. The first kappa shape index (κ1) is 19.8. The number of rotatable bonds is 8. The lowest BCUT2D eigenvalue weighted by molar-refractivity contribution is 0.196. The summed E-state index contributed by atoms with van der Waals surface area (Å²) in [5.74, 6) is 1.65. The fourth-order valence-electron chi connectivity index (χ4n) is 4.92. The van der Waals surface area contributed by atoms with E-state index in [1.54, 1.807) is 0 Å². The van der Waals surface area contributed by atoms with Gasteiger partial charge in [0.15, 0.2) is 0 Å². The van der Waals surface area contributed by atoms with Crippen molar-refractivity contribution in [1.82, 2.24) is 9.80 Å². The number of hydrogen-bond acceptors (Lipinski definition) is 4. The van der Waals surface area contributed by atoms with Gasteiger partial charge in [0, 0.05) is 50.9 Å². The SMILES string of the molecule is CC(C)CN1CC2CN(CCS(C)(=O)=O)CC2(CCc2ccccc2)C1. The van der Waals surface area contributed by atoms with Crippen LogP contribution in [0.1, 0.15) is 25.8 Å². The molecule has 1 aromatic rings. The molecule has 146 valence electrons. The van der Waals surface area contributed by atoms with Crippen LogP contribution in [0.5, 0.6) is 0 Å². The Kier molecular flexibility index (Phi) is 6.10. The second-order valence-corrected chi connectivity index (χ2v) is 11.3. The van der Waals surface area contributed by atoms with Gasteiger partial charge in [-0.05, 0) is 30.2 Å². The van der Waals surface area contributed by atoms with Gasteiger partial charge < -0.3 is 9.80 Å². The summed E-state index contributed by atoms with van der Waals surface area (Å²) in [7, 11) is -2.89. The zero-order chi connectivity index (χ0) is 18.8. The molecule has 2 atom stereocenters. The lowest BCUT2D eigenvalue weighted by atomic mass is 9.76. The number of fused-ring (bicyclic) bond motifs is 1. The number of nitrogens with zero attached hydrogens (tertiary/aromatic N) is 2. The molecule has 2 fully saturated rings. The van der Waals surface area contributed by atoms with Crippen molar-refractivity contribution in [3.8, 4) is 0 Å². The molecule has 0 N–H and O–H groups in total. The van der Waals surface area contributed by atoms with E-state index in [0.29, 0.717) is 23.8 Å². The molecular weight excluding hydrogens is 344 g/mol. The Morgan fingerprint density at radius 1 is 1.12 bits per heavy atom. The molecule has 2 saturated heterocycles. The third-order valence-corrected chi connectivity index (χ3v) is 6.98. The minimum absolute atomic E-state index is 0.282. The monoisotopic (exact) mass is 378 g/mol. The highest BCUT2D eigenvalue weighted by atomic mass is 32.2. The van der Waals surface area contributed by atoms with Crippen molar-refractivity contribution in [3.63, 3.8) is 0 Å². The van der Waals surface area contributed by atoms with Gasteiger partial charge in [0.05, 0.1) is 5.75 Å². The van der Waals surface area contributed by atoms with Gasteiger partial charge in [-0.25, -0.2) is 8.42 Å². The van der Waals surface area contributed by atoms with Gasteiger partial charge in [0.2, 0.25) is 0 Å². The number of hydrogen-bond donors (Lipinski definition) is 0. The number of likely N-dealkylation sites (tertiary alicyclic amines) is 2. The summed E-state index contributed by atoms with van der Waals surface area (Å²) < 4.78 is 23.1. The van der Waals surface area contributed by atoms with Crippen LogP contribution in [0.3, 0.4) is 0 Å². The average molecular weight is 379 g/mol. The molecule has 0 radical (unpaired) electrons. The van der Waals surface area contributed by atoms with Gasteiger partial charge in [-0.2, -0.15) is 0 Å². The fraction of sp³-hybridized carbons (Fsp3) is 0.714. The lowest BCUT2D eigenvalue weighted by Gasteiger charge is -2.30. The molecule has 2 unspecified atom stereocenters. The zero-order valence-corrected chi connectivity index (χ0v) is 17.3. The van der Waals surface area contributed by atoms with Gasteiger partial charge in [-0.3, -0.25) is 0 Å². The van der Waals surface area contributed by atoms with E-state index < -0.39 is 9.84 Å². The maximum Gasteiger partial charge on any atom is 0.148 e. The Morgan fingerprint density at radius 2 is 1.77 bits per heavy atom. The minimum Gasteiger partial charge on any atom is -0.302 e. The van der Waals surface area contributed by atoms with Crippen LogP contribution >= 0.6 is 0 Å². The van der Waals surface area contributed by atoms with Crippen molar-refractivity contribution < 1.29 is 8.42 Å². The number of benzene rings is 1. The van der Waals surface area contributed by atoms with Crippen LogP contribution in [0.4, 0.5) is 0 Å². The molecule has 2 aliphatic rings. The summed E-state index contributed by atoms with van der Waals surface area (Å²) in [6, 6.07) is 10.8. The minimum atomic E-state index is -2.89. The molecule has 0 spiro atoms. The van der Waals surface area contributed by atoms with E-state index in [-0.39, 0.29) is 5.75 Å². The summed E-state index contributed by atoms with van der Waals surface area (Å²) in [6.07, 6.45) is 3.66. The number of sulfone groups is 1. The third-order valence-electron chi connectivity index (χ3n) is 6.06. The van der Waals surface area contributed by atoms with E-state index in [4.69, 9.17) is 0 Å². The topological polar surface area (TPSA) is 40.6 Å². The lowest BCUT2D eigenvalue weighted by Crippen LogP contribution is -2.37. The predicted octanol–water partition coefficient (Wildman–Crippen LogP) is 2.55. The smallest absolute Gasteiger partial charge is 0.148 e. The molecule has 3 rings (SSSR count). The van der Waals surface area contributed by atoms with Crippen molar-refractivity contribution in [2.75, 3.05) is 51.3 Å². The second-order valence-electron chi connectivity index (χ2n) is 9.00. The van der Waals surface area contributed by atoms with E-state index in [0.717, 1.165) is 26.1 Å². The van der Waals surface area contributed by atoms with Gasteiger partial charge in [-0.1, -0.05) is 44.2 Å². The molecule has 26 heavy (non-hydrogen) atoms. The largest absolute Gasteiger partial charge is 0.302 e. The normalized spacial score (nSPS) is 27.3. The van der Waals surface area contributed by atoms with Crippen LogP contribution in [-0.2, 0) is 16.3 Å². The van der Waals surface area contributed by atoms with Gasteiger partial charge >= 0.3 is 0 Å². The van der Waals surface area contributed by atoms with Gasteiger partial charge in [0.1, 0.15) is 9.84 Å². The average Bonchev–Trinajstić information content (AvgIpc) is 3.04. The van der Waals surface area contributed by atoms with Crippen molar-refractivity contribution >= 4 is 9.84 Å². The third kappa shape index (κ3) is 5.08. The Balaban J connectivity index is 1.67. The standard InChI is InChI=1S/C21H34N2O2S/c1-18(2)13-23-15-20-14-22(11-12-26(3,24)25)16-21(20,17-23)10-9-19-7-5-4-6-8-19/h4-8,18,20H,9-17H2,1-3H3. The summed E-state index contributed by atoms with van der Waals surface area (Å²) in [5, 5.41) is 0. The molecule has 5 heteroatoms. The maximum absolute atomic E-state index is 11.6. The van der Waals surface area contributed by atoms with Crippen LogP contribution in [0.25, 0.3) is 0 Å². The van der Waals surface area contributed by atoms with Crippen molar-refractivity contribution in [3.05, 3.63) is 35.9 Å². The van der Waals surface area contributed by atoms with Crippen molar-refractivity contribution in [2.24, 2.45) is 17.3 Å². The molecule has 0 amide bonds. The molecule has 2 heterocycles. The van der Waals surface area contributed by atoms with E-state index >= 15 is 0 Å². The maximum atomic E-state index is 11.6. The van der Waals surface area contributed by atoms with E-state index in [9.17, 15) is 8.42 Å². The Morgan fingerprint density at radius 3 is 2.42 bits per heavy atom. The highest BCUT2D eigenvalue weighted by Crippen LogP contribution is 2.45. The first-order valence-electron chi connectivity index (χ1n) is 9.92. The molecular formula is C21H34N2O2S. The van der Waals surface area contributed by atoms with Crippen molar-refractivity contribution in [2.45, 2.75) is 26.7 Å². The van der Waals surface area contributed by atoms with Crippen LogP contribution in [-0.4, -0.2) is 69.5 Å². The summed E-state index contributed by atoms with van der Waals surface area (Å²) in [6.45, 7) is 10.9. The Bertz CT molecular complexity index is 689. The van der Waals surface area contributed by atoms with Crippen molar-refractivity contribution in [1.29, 1.82) is 0 Å². The van der Waals surface area contributed by atoms with Crippen LogP contribution < -0.4 is 0 Å². The van der Waals surface area contributed by atoms with Crippen LogP contribution in [0.2, 0.25) is 0 Å². The quantitative estimate of drug-likeness (QED) is 0.697. The predicted molar refractivity (Wildman–Crippen MR) is 108 cm³/mol.